The molecule has 0 fully saturated rings. The molecule has 14 heavy (non-hydrogen) atoms. The fourth-order valence-electron chi connectivity index (χ4n) is 1.40. The van der Waals surface area contributed by atoms with E-state index >= 15 is 0 Å². The van der Waals surface area contributed by atoms with Crippen LogP contribution in [0.1, 0.15) is 24.9 Å². The van der Waals surface area contributed by atoms with Gasteiger partial charge in [0.05, 0.1) is 0 Å². The average Bonchev–Trinajstić information content (AvgIpc) is 2.17. The minimum absolute atomic E-state index is 0.0889. The highest BCUT2D eigenvalue weighted by Gasteiger charge is 2.09. The third kappa shape index (κ3) is 3.40. The Balaban J connectivity index is 2.64. The van der Waals surface area contributed by atoms with E-state index in [2.05, 4.69) is 35.0 Å². The summed E-state index contributed by atoms with van der Waals surface area (Å²) in [6, 6.07) is 8.22. The molecule has 2 nitrogen and oxygen atoms in total. The Morgan fingerprint density at radius 1 is 1.43 bits per heavy atom. The number of hydrogen-bond acceptors (Lipinski definition) is 2. The van der Waals surface area contributed by atoms with Crippen molar-refractivity contribution in [3.05, 3.63) is 34.3 Å². The van der Waals surface area contributed by atoms with Gasteiger partial charge in [-0.05, 0) is 36.6 Å². The van der Waals surface area contributed by atoms with Crippen LogP contribution in [0.2, 0.25) is 0 Å². The molecule has 1 rings (SSSR count). The summed E-state index contributed by atoms with van der Waals surface area (Å²) in [5, 5.41) is 0. The number of rotatable bonds is 4. The fraction of sp³-hybridized carbons (Fsp3) is 0.455. The van der Waals surface area contributed by atoms with Crippen LogP contribution in [0.3, 0.4) is 0 Å². The molecule has 0 heterocycles. The van der Waals surface area contributed by atoms with Crippen LogP contribution in [0.5, 0.6) is 0 Å². The second-order valence-electron chi connectivity index (χ2n) is 3.74. The zero-order valence-corrected chi connectivity index (χ0v) is 10.00. The summed E-state index contributed by atoms with van der Waals surface area (Å²) >= 11 is 3.43. The molecule has 1 aromatic carbocycles. The molecule has 0 bridgehead atoms. The first-order valence-electron chi connectivity index (χ1n) is 4.84. The number of nitrogens with two attached hydrogens (primary N) is 2. The maximum atomic E-state index is 6.06. The van der Waals surface area contributed by atoms with Gasteiger partial charge in [-0.2, -0.15) is 0 Å². The lowest BCUT2D eigenvalue weighted by atomic mass is 9.97. The smallest absolute Gasteiger partial charge is 0.0298 e. The van der Waals surface area contributed by atoms with E-state index in [0.717, 1.165) is 10.9 Å². The highest BCUT2D eigenvalue weighted by atomic mass is 79.9. The molecular formula is C11H17BrN2. The third-order valence-electron chi connectivity index (χ3n) is 2.34. The van der Waals surface area contributed by atoms with Crippen molar-refractivity contribution in [3.63, 3.8) is 0 Å². The predicted molar refractivity (Wildman–Crippen MR) is 63.9 cm³/mol. The molecule has 78 valence electrons. The van der Waals surface area contributed by atoms with Crippen LogP contribution >= 0.6 is 15.9 Å². The van der Waals surface area contributed by atoms with Crippen molar-refractivity contribution in [1.82, 2.24) is 0 Å². The fourth-order valence-corrected chi connectivity index (χ4v) is 1.82. The average molecular weight is 257 g/mol. The van der Waals surface area contributed by atoms with Crippen molar-refractivity contribution in [3.8, 4) is 0 Å². The topological polar surface area (TPSA) is 52.0 Å². The Morgan fingerprint density at radius 2 is 2.14 bits per heavy atom. The molecule has 2 unspecified atom stereocenters. The Bertz CT molecular complexity index is 288. The van der Waals surface area contributed by atoms with Gasteiger partial charge in [0.1, 0.15) is 0 Å². The Hall–Kier alpha value is -0.380. The molecule has 0 amide bonds. The van der Waals surface area contributed by atoms with Crippen molar-refractivity contribution >= 4 is 15.9 Å². The summed E-state index contributed by atoms with van der Waals surface area (Å²) < 4.78 is 1.07. The highest BCUT2D eigenvalue weighted by molar-refractivity contribution is 9.10. The van der Waals surface area contributed by atoms with Crippen molar-refractivity contribution in [2.75, 3.05) is 6.54 Å². The zero-order valence-electron chi connectivity index (χ0n) is 8.41. The molecule has 0 saturated carbocycles. The molecule has 0 radical (unpaired) electrons. The molecule has 0 spiro atoms. The van der Waals surface area contributed by atoms with Crippen molar-refractivity contribution in [2.45, 2.75) is 19.4 Å². The molecule has 1 aromatic rings. The van der Waals surface area contributed by atoms with Gasteiger partial charge in [-0.15, -0.1) is 0 Å². The predicted octanol–water partition coefficient (Wildman–Crippen LogP) is 2.43. The van der Waals surface area contributed by atoms with Crippen molar-refractivity contribution in [2.24, 2.45) is 17.4 Å². The number of halogens is 1. The van der Waals surface area contributed by atoms with Gasteiger partial charge in [0.2, 0.25) is 0 Å². The van der Waals surface area contributed by atoms with Gasteiger partial charge >= 0.3 is 0 Å². The minimum Gasteiger partial charge on any atom is -0.330 e. The highest BCUT2D eigenvalue weighted by Crippen LogP contribution is 2.21. The number of benzene rings is 1. The van der Waals surface area contributed by atoms with E-state index in [0.29, 0.717) is 12.5 Å². The van der Waals surface area contributed by atoms with E-state index in [1.54, 1.807) is 0 Å². The van der Waals surface area contributed by atoms with Gasteiger partial charge in [-0.1, -0.05) is 35.0 Å². The summed E-state index contributed by atoms with van der Waals surface area (Å²) in [4.78, 5) is 0. The Kier molecular flexibility index (Phi) is 4.58. The van der Waals surface area contributed by atoms with Gasteiger partial charge in [0, 0.05) is 10.5 Å². The Morgan fingerprint density at radius 3 is 2.71 bits per heavy atom. The summed E-state index contributed by atoms with van der Waals surface area (Å²) in [7, 11) is 0. The second kappa shape index (κ2) is 5.49. The molecule has 4 N–H and O–H groups in total. The van der Waals surface area contributed by atoms with Gasteiger partial charge < -0.3 is 11.5 Å². The molecule has 3 heteroatoms. The maximum Gasteiger partial charge on any atom is 0.0298 e. The lowest BCUT2D eigenvalue weighted by Crippen LogP contribution is -2.19. The molecule has 0 aromatic heterocycles. The SMILES string of the molecule is CC(CN)CC(N)c1cccc(Br)c1. The van der Waals surface area contributed by atoms with E-state index in [-0.39, 0.29) is 6.04 Å². The van der Waals surface area contributed by atoms with Crippen LogP contribution in [-0.4, -0.2) is 6.54 Å². The minimum atomic E-state index is 0.0889. The lowest BCUT2D eigenvalue weighted by molar-refractivity contribution is 0.482. The summed E-state index contributed by atoms with van der Waals surface area (Å²) in [5.74, 6) is 0.476. The van der Waals surface area contributed by atoms with Crippen molar-refractivity contribution < 1.29 is 0 Å². The summed E-state index contributed by atoms with van der Waals surface area (Å²) in [6.07, 6.45) is 0.937. The molecule has 0 aliphatic heterocycles. The molecule has 2 atom stereocenters. The van der Waals surface area contributed by atoms with Gasteiger partial charge in [-0.25, -0.2) is 0 Å². The monoisotopic (exact) mass is 256 g/mol. The quantitative estimate of drug-likeness (QED) is 0.870. The zero-order chi connectivity index (χ0) is 10.6. The van der Waals surface area contributed by atoms with Crippen LogP contribution in [0.25, 0.3) is 0 Å². The van der Waals surface area contributed by atoms with E-state index in [9.17, 15) is 0 Å². The second-order valence-corrected chi connectivity index (χ2v) is 4.65. The van der Waals surface area contributed by atoms with E-state index in [4.69, 9.17) is 11.5 Å². The van der Waals surface area contributed by atoms with Crippen LogP contribution in [0, 0.1) is 5.92 Å². The van der Waals surface area contributed by atoms with E-state index in [1.807, 2.05) is 12.1 Å². The van der Waals surface area contributed by atoms with Crippen LogP contribution in [0.4, 0.5) is 0 Å². The molecule has 0 aliphatic rings. The first kappa shape index (κ1) is 11.7. The largest absolute Gasteiger partial charge is 0.330 e. The van der Waals surface area contributed by atoms with Crippen LogP contribution in [-0.2, 0) is 0 Å². The third-order valence-corrected chi connectivity index (χ3v) is 2.83. The van der Waals surface area contributed by atoms with Crippen LogP contribution in [0.15, 0.2) is 28.7 Å². The van der Waals surface area contributed by atoms with E-state index < -0.39 is 0 Å². The first-order chi connectivity index (χ1) is 6.63. The molecule has 0 saturated heterocycles. The Labute approximate surface area is 93.8 Å². The van der Waals surface area contributed by atoms with Crippen molar-refractivity contribution in [1.29, 1.82) is 0 Å². The first-order valence-corrected chi connectivity index (χ1v) is 5.64. The maximum absolute atomic E-state index is 6.06. The molecule has 0 aliphatic carbocycles. The number of hydrogen-bond donors (Lipinski definition) is 2. The van der Waals surface area contributed by atoms with Gasteiger partial charge in [0.15, 0.2) is 0 Å². The van der Waals surface area contributed by atoms with E-state index in [1.165, 1.54) is 5.56 Å². The lowest BCUT2D eigenvalue weighted by Gasteiger charge is -2.16. The summed E-state index contributed by atoms with van der Waals surface area (Å²) in [5.41, 5.74) is 12.8. The standard InChI is InChI=1S/C11H17BrN2/c1-8(7-13)5-11(14)9-3-2-4-10(12)6-9/h2-4,6,8,11H,5,7,13-14H2,1H3. The normalized spacial score (nSPS) is 15.1. The summed E-state index contributed by atoms with van der Waals surface area (Å²) in [6.45, 7) is 2.82. The van der Waals surface area contributed by atoms with Crippen LogP contribution < -0.4 is 11.5 Å². The van der Waals surface area contributed by atoms with Gasteiger partial charge in [-0.3, -0.25) is 0 Å². The molecular weight excluding hydrogens is 240 g/mol. The van der Waals surface area contributed by atoms with Gasteiger partial charge in [0.25, 0.3) is 0 Å².